The number of ether oxygens (including phenoxy) is 1. The SMILES string of the molecule is Fc1ccc(CNCCOc2ccccc2)cc1. The molecule has 0 saturated carbocycles. The van der Waals surface area contributed by atoms with Gasteiger partial charge in [0.15, 0.2) is 0 Å². The van der Waals surface area contributed by atoms with Crippen molar-refractivity contribution < 1.29 is 9.13 Å². The van der Waals surface area contributed by atoms with Crippen LogP contribution >= 0.6 is 0 Å². The van der Waals surface area contributed by atoms with Crippen LogP contribution < -0.4 is 10.1 Å². The van der Waals surface area contributed by atoms with Crippen molar-refractivity contribution in [1.82, 2.24) is 5.32 Å². The van der Waals surface area contributed by atoms with Crippen LogP contribution in [0.3, 0.4) is 0 Å². The summed E-state index contributed by atoms with van der Waals surface area (Å²) in [6, 6.07) is 16.2. The van der Waals surface area contributed by atoms with Crippen molar-refractivity contribution in [2.24, 2.45) is 0 Å². The smallest absolute Gasteiger partial charge is 0.123 e. The quantitative estimate of drug-likeness (QED) is 0.790. The van der Waals surface area contributed by atoms with Crippen molar-refractivity contribution in [2.75, 3.05) is 13.2 Å². The highest BCUT2D eigenvalue weighted by atomic mass is 19.1. The molecule has 0 radical (unpaired) electrons. The molecule has 0 spiro atoms. The van der Waals surface area contributed by atoms with E-state index in [0.29, 0.717) is 6.61 Å². The van der Waals surface area contributed by atoms with Gasteiger partial charge in [-0.1, -0.05) is 30.3 Å². The number of benzene rings is 2. The maximum absolute atomic E-state index is 12.7. The molecular formula is C15H16FNO. The van der Waals surface area contributed by atoms with Crippen molar-refractivity contribution in [3.8, 4) is 5.75 Å². The molecule has 2 nitrogen and oxygen atoms in total. The first kappa shape index (κ1) is 12.6. The first-order valence-electron chi connectivity index (χ1n) is 5.97. The molecule has 0 aliphatic heterocycles. The van der Waals surface area contributed by atoms with Gasteiger partial charge in [0.05, 0.1) is 0 Å². The van der Waals surface area contributed by atoms with Gasteiger partial charge in [-0.2, -0.15) is 0 Å². The van der Waals surface area contributed by atoms with Gasteiger partial charge < -0.3 is 10.1 Å². The van der Waals surface area contributed by atoms with Gasteiger partial charge in [0.2, 0.25) is 0 Å². The van der Waals surface area contributed by atoms with Crippen LogP contribution in [0.15, 0.2) is 54.6 Å². The Kier molecular flexibility index (Phi) is 4.73. The van der Waals surface area contributed by atoms with Crippen molar-refractivity contribution in [3.63, 3.8) is 0 Å². The Morgan fingerprint density at radius 1 is 0.944 bits per heavy atom. The van der Waals surface area contributed by atoms with Crippen LogP contribution in [0.5, 0.6) is 5.75 Å². The minimum Gasteiger partial charge on any atom is -0.492 e. The summed E-state index contributed by atoms with van der Waals surface area (Å²) in [4.78, 5) is 0. The van der Waals surface area contributed by atoms with Crippen LogP contribution in [0.2, 0.25) is 0 Å². The lowest BCUT2D eigenvalue weighted by Crippen LogP contribution is -2.20. The summed E-state index contributed by atoms with van der Waals surface area (Å²) >= 11 is 0. The molecule has 0 aliphatic carbocycles. The Morgan fingerprint density at radius 3 is 2.39 bits per heavy atom. The van der Waals surface area contributed by atoms with E-state index in [9.17, 15) is 4.39 Å². The second-order valence-corrected chi connectivity index (χ2v) is 3.96. The van der Waals surface area contributed by atoms with E-state index in [2.05, 4.69) is 5.32 Å². The predicted molar refractivity (Wildman–Crippen MR) is 70.0 cm³/mol. The van der Waals surface area contributed by atoms with Crippen molar-refractivity contribution in [1.29, 1.82) is 0 Å². The zero-order valence-corrected chi connectivity index (χ0v) is 10.1. The molecule has 2 aromatic rings. The minimum absolute atomic E-state index is 0.203. The van der Waals surface area contributed by atoms with E-state index in [0.717, 1.165) is 24.4 Å². The number of para-hydroxylation sites is 1. The van der Waals surface area contributed by atoms with Gasteiger partial charge in [-0.3, -0.25) is 0 Å². The molecule has 2 aromatic carbocycles. The summed E-state index contributed by atoms with van der Waals surface area (Å²) in [5.41, 5.74) is 1.07. The van der Waals surface area contributed by atoms with Gasteiger partial charge in [0.25, 0.3) is 0 Å². The lowest BCUT2D eigenvalue weighted by Gasteiger charge is -2.07. The van der Waals surface area contributed by atoms with E-state index in [1.54, 1.807) is 12.1 Å². The molecule has 18 heavy (non-hydrogen) atoms. The summed E-state index contributed by atoms with van der Waals surface area (Å²) in [6.07, 6.45) is 0. The van der Waals surface area contributed by atoms with E-state index >= 15 is 0 Å². The Morgan fingerprint density at radius 2 is 1.67 bits per heavy atom. The lowest BCUT2D eigenvalue weighted by atomic mass is 10.2. The highest BCUT2D eigenvalue weighted by Crippen LogP contribution is 2.07. The minimum atomic E-state index is -0.203. The van der Waals surface area contributed by atoms with Crippen molar-refractivity contribution >= 4 is 0 Å². The molecule has 0 amide bonds. The average Bonchev–Trinajstić information content (AvgIpc) is 2.42. The summed E-state index contributed by atoms with van der Waals surface area (Å²) in [5.74, 6) is 0.673. The highest BCUT2D eigenvalue weighted by Gasteiger charge is 1.94. The van der Waals surface area contributed by atoms with Crippen LogP contribution in [0.1, 0.15) is 5.56 Å². The first-order valence-corrected chi connectivity index (χ1v) is 5.97. The molecule has 0 bridgehead atoms. The molecule has 1 N–H and O–H groups in total. The zero-order chi connectivity index (χ0) is 12.6. The number of nitrogens with one attached hydrogen (secondary N) is 1. The third-order valence-electron chi connectivity index (χ3n) is 2.53. The topological polar surface area (TPSA) is 21.3 Å². The Hall–Kier alpha value is -1.87. The molecule has 0 aromatic heterocycles. The molecule has 2 rings (SSSR count). The summed E-state index contributed by atoms with van der Waals surface area (Å²) < 4.78 is 18.2. The number of hydrogen-bond donors (Lipinski definition) is 1. The normalized spacial score (nSPS) is 10.3. The van der Waals surface area contributed by atoms with E-state index in [1.165, 1.54) is 12.1 Å². The van der Waals surface area contributed by atoms with Crippen LogP contribution in [0, 0.1) is 5.82 Å². The molecular weight excluding hydrogens is 229 g/mol. The number of hydrogen-bond acceptors (Lipinski definition) is 2. The highest BCUT2D eigenvalue weighted by molar-refractivity contribution is 5.20. The molecule has 94 valence electrons. The summed E-state index contributed by atoms with van der Waals surface area (Å²) in [7, 11) is 0. The maximum Gasteiger partial charge on any atom is 0.123 e. The second kappa shape index (κ2) is 6.77. The molecule has 0 aliphatic rings. The van der Waals surface area contributed by atoms with E-state index < -0.39 is 0 Å². The van der Waals surface area contributed by atoms with Crippen LogP contribution in [-0.2, 0) is 6.54 Å². The monoisotopic (exact) mass is 245 g/mol. The second-order valence-electron chi connectivity index (χ2n) is 3.96. The lowest BCUT2D eigenvalue weighted by molar-refractivity contribution is 0.313. The van der Waals surface area contributed by atoms with Gasteiger partial charge in [0.1, 0.15) is 18.2 Å². The van der Waals surface area contributed by atoms with E-state index in [-0.39, 0.29) is 5.82 Å². The van der Waals surface area contributed by atoms with Crippen LogP contribution in [0.25, 0.3) is 0 Å². The average molecular weight is 245 g/mol. The Balaban J connectivity index is 1.63. The van der Waals surface area contributed by atoms with E-state index in [1.807, 2.05) is 30.3 Å². The third kappa shape index (κ3) is 4.18. The fourth-order valence-electron chi connectivity index (χ4n) is 1.59. The van der Waals surface area contributed by atoms with Gasteiger partial charge in [-0.15, -0.1) is 0 Å². The molecule has 0 atom stereocenters. The van der Waals surface area contributed by atoms with Crippen molar-refractivity contribution in [3.05, 3.63) is 66.0 Å². The zero-order valence-electron chi connectivity index (χ0n) is 10.1. The molecule has 0 fully saturated rings. The van der Waals surface area contributed by atoms with E-state index in [4.69, 9.17) is 4.74 Å². The maximum atomic E-state index is 12.7. The van der Waals surface area contributed by atoms with Gasteiger partial charge >= 0.3 is 0 Å². The number of halogens is 1. The van der Waals surface area contributed by atoms with Gasteiger partial charge in [0, 0.05) is 13.1 Å². The Labute approximate surface area is 106 Å². The number of rotatable bonds is 6. The van der Waals surface area contributed by atoms with Crippen LogP contribution in [-0.4, -0.2) is 13.2 Å². The van der Waals surface area contributed by atoms with Crippen molar-refractivity contribution in [2.45, 2.75) is 6.54 Å². The molecule has 0 unspecified atom stereocenters. The standard InChI is InChI=1S/C15H16FNO/c16-14-8-6-13(7-9-14)12-17-10-11-18-15-4-2-1-3-5-15/h1-9,17H,10-12H2. The largest absolute Gasteiger partial charge is 0.492 e. The predicted octanol–water partition coefficient (Wildman–Crippen LogP) is 2.99. The fraction of sp³-hybridized carbons (Fsp3) is 0.200. The first-order chi connectivity index (χ1) is 8.84. The molecule has 3 heteroatoms. The summed E-state index contributed by atoms with van der Waals surface area (Å²) in [5, 5.41) is 3.24. The van der Waals surface area contributed by atoms with Gasteiger partial charge in [-0.05, 0) is 29.8 Å². The molecule has 0 heterocycles. The third-order valence-corrected chi connectivity index (χ3v) is 2.53. The Bertz CT molecular complexity index is 456. The molecule has 0 saturated heterocycles. The van der Waals surface area contributed by atoms with Gasteiger partial charge in [-0.25, -0.2) is 4.39 Å². The fourth-order valence-corrected chi connectivity index (χ4v) is 1.59. The van der Waals surface area contributed by atoms with Crippen LogP contribution in [0.4, 0.5) is 4.39 Å². The summed E-state index contributed by atoms with van der Waals surface area (Å²) in [6.45, 7) is 2.09.